The summed E-state index contributed by atoms with van der Waals surface area (Å²) >= 11 is 0. The van der Waals surface area contributed by atoms with E-state index >= 15 is 0 Å². The highest BCUT2D eigenvalue weighted by Gasteiger charge is 2.23. The summed E-state index contributed by atoms with van der Waals surface area (Å²) in [6, 6.07) is 20.6. The first-order valence-corrected chi connectivity index (χ1v) is 21.5. The molecule has 61 heavy (non-hydrogen) atoms. The third-order valence-corrected chi connectivity index (χ3v) is 11.7. The number of rotatable bonds is 11. The summed E-state index contributed by atoms with van der Waals surface area (Å²) in [6.45, 7) is 2.12. The van der Waals surface area contributed by atoms with Gasteiger partial charge in [0.05, 0.1) is 46.2 Å². The average molecular weight is 799 g/mol. The average Bonchev–Trinajstić information content (AvgIpc) is 3.35. The number of dihydropyridines is 2. The monoisotopic (exact) mass is 798 g/mol. The van der Waals surface area contributed by atoms with Gasteiger partial charge in [-0.1, -0.05) is 98.0 Å². The standard InChI is InChI=1S/C53H50N8/c1-2-3-4-12-42(54)46-18-9-15-43(57-46)36-21-25-39(26-22-36)51-35-52(40-27-23-37(24-28-40)44-16-10-19-49(58-44)47-13-5-7-33-55-47)61-53(60-51)41-31-29-38(30-32-41)45-17-11-20-50(59-45)48-14-6-8-34-56-48/h3-12,14-17,19-21,23,25-29,31,33-37,46-47H,2,13,18,22,24,30,32,54H2,1H3/b4-3-,42-12-. The lowest BCUT2D eigenvalue weighted by Crippen LogP contribution is -2.23. The van der Waals surface area contributed by atoms with Crippen LogP contribution in [0.2, 0.25) is 0 Å². The second-order valence-electron chi connectivity index (χ2n) is 15.9. The number of nitrogens with zero attached hydrogens (tertiary/aromatic N) is 7. The van der Waals surface area contributed by atoms with E-state index in [1.807, 2.05) is 48.7 Å². The van der Waals surface area contributed by atoms with Crippen molar-refractivity contribution in [1.29, 1.82) is 0 Å². The number of aliphatic imine (C=N–C) groups is 2. The van der Waals surface area contributed by atoms with Crippen molar-refractivity contribution in [1.82, 2.24) is 24.9 Å². The lowest BCUT2D eigenvalue weighted by Gasteiger charge is -2.23. The summed E-state index contributed by atoms with van der Waals surface area (Å²) in [5, 5.41) is 0. The van der Waals surface area contributed by atoms with Crippen molar-refractivity contribution in [2.45, 2.75) is 69.9 Å². The fourth-order valence-corrected chi connectivity index (χ4v) is 8.24. The maximum atomic E-state index is 6.46. The van der Waals surface area contributed by atoms with Crippen LogP contribution in [-0.2, 0) is 0 Å². The van der Waals surface area contributed by atoms with Crippen molar-refractivity contribution >= 4 is 34.2 Å². The zero-order chi connectivity index (χ0) is 41.4. The number of aromatic nitrogens is 5. The molecular weight excluding hydrogens is 749 g/mol. The highest BCUT2D eigenvalue weighted by molar-refractivity contribution is 6.00. The van der Waals surface area contributed by atoms with Crippen molar-refractivity contribution in [3.05, 3.63) is 198 Å². The summed E-state index contributed by atoms with van der Waals surface area (Å²) < 4.78 is 0. The molecule has 3 aliphatic carbocycles. The number of hydrogen-bond donors (Lipinski definition) is 1. The Bertz CT molecular complexity index is 2660. The van der Waals surface area contributed by atoms with E-state index in [0.29, 0.717) is 0 Å². The molecule has 8 heteroatoms. The molecule has 4 atom stereocenters. The van der Waals surface area contributed by atoms with Gasteiger partial charge in [0.25, 0.3) is 0 Å². The Balaban J connectivity index is 0.992. The molecule has 5 aliphatic rings. The van der Waals surface area contributed by atoms with Gasteiger partial charge in [0.1, 0.15) is 0 Å². The largest absolute Gasteiger partial charge is 0.400 e. The van der Waals surface area contributed by atoms with Crippen LogP contribution in [-0.4, -0.2) is 42.9 Å². The number of allylic oxidation sites excluding steroid dienone is 17. The molecule has 0 saturated heterocycles. The summed E-state index contributed by atoms with van der Waals surface area (Å²) in [6.07, 6.45) is 42.2. The Morgan fingerprint density at radius 2 is 1.46 bits per heavy atom. The van der Waals surface area contributed by atoms with Crippen molar-refractivity contribution < 1.29 is 0 Å². The second kappa shape index (κ2) is 18.6. The van der Waals surface area contributed by atoms with Crippen LogP contribution in [0.15, 0.2) is 174 Å². The van der Waals surface area contributed by atoms with E-state index < -0.39 is 0 Å². The van der Waals surface area contributed by atoms with Crippen LogP contribution >= 0.6 is 0 Å². The maximum absolute atomic E-state index is 6.46. The van der Waals surface area contributed by atoms with Crippen molar-refractivity contribution in [2.75, 3.05) is 0 Å². The molecule has 4 aromatic rings. The van der Waals surface area contributed by atoms with E-state index in [9.17, 15) is 0 Å². The number of nitrogens with two attached hydrogens (primary N) is 1. The predicted molar refractivity (Wildman–Crippen MR) is 250 cm³/mol. The molecule has 2 N–H and O–H groups in total. The molecule has 0 amide bonds. The fraction of sp³-hybridized carbons (Fsp3) is 0.226. The molecule has 9 rings (SSSR count). The smallest absolute Gasteiger partial charge is 0.156 e. The first-order chi connectivity index (χ1) is 30.1. The van der Waals surface area contributed by atoms with Crippen LogP contribution in [0.5, 0.6) is 0 Å². The molecule has 0 fully saturated rings. The minimum Gasteiger partial charge on any atom is -0.400 e. The molecule has 0 aromatic carbocycles. The fourth-order valence-electron chi connectivity index (χ4n) is 8.24. The lowest BCUT2D eigenvalue weighted by atomic mass is 9.88. The number of pyridine rings is 3. The highest BCUT2D eigenvalue weighted by atomic mass is 14.9. The van der Waals surface area contributed by atoms with E-state index in [2.05, 4.69) is 126 Å². The van der Waals surface area contributed by atoms with Crippen LogP contribution < -0.4 is 5.73 Å². The normalized spacial score (nSPS) is 22.4. The third kappa shape index (κ3) is 9.29. The molecular formula is C53H50N8. The molecule has 4 unspecified atom stereocenters. The third-order valence-electron chi connectivity index (χ3n) is 11.7. The Kier molecular flexibility index (Phi) is 12.0. The molecule has 302 valence electrons. The first-order valence-electron chi connectivity index (χ1n) is 21.5. The minimum atomic E-state index is -0.0363. The van der Waals surface area contributed by atoms with E-state index in [-0.39, 0.29) is 23.9 Å². The van der Waals surface area contributed by atoms with E-state index in [1.165, 1.54) is 5.57 Å². The molecule has 8 nitrogen and oxygen atoms in total. The maximum Gasteiger partial charge on any atom is 0.156 e. The van der Waals surface area contributed by atoms with Gasteiger partial charge in [0.15, 0.2) is 5.82 Å². The van der Waals surface area contributed by atoms with Crippen LogP contribution in [0.25, 0.3) is 33.7 Å². The summed E-state index contributed by atoms with van der Waals surface area (Å²) in [4.78, 5) is 34.8. The van der Waals surface area contributed by atoms with Gasteiger partial charge in [-0.15, -0.1) is 0 Å². The van der Waals surface area contributed by atoms with Gasteiger partial charge in [0, 0.05) is 41.3 Å². The topological polar surface area (TPSA) is 115 Å². The van der Waals surface area contributed by atoms with Gasteiger partial charge in [-0.2, -0.15) is 0 Å². The molecule has 0 bridgehead atoms. The molecule has 0 saturated carbocycles. The predicted octanol–water partition coefficient (Wildman–Crippen LogP) is 11.3. The van der Waals surface area contributed by atoms with Gasteiger partial charge in [-0.05, 0) is 128 Å². The van der Waals surface area contributed by atoms with E-state index in [4.69, 9.17) is 30.7 Å². The first kappa shape index (κ1) is 39.5. The van der Waals surface area contributed by atoms with Gasteiger partial charge in [-0.3, -0.25) is 20.0 Å². The van der Waals surface area contributed by atoms with Gasteiger partial charge >= 0.3 is 0 Å². The van der Waals surface area contributed by atoms with E-state index in [1.54, 1.807) is 6.20 Å². The van der Waals surface area contributed by atoms with Crippen LogP contribution in [0, 0.1) is 5.92 Å². The van der Waals surface area contributed by atoms with Gasteiger partial charge in [0.2, 0.25) is 0 Å². The van der Waals surface area contributed by atoms with E-state index in [0.717, 1.165) is 119 Å². The summed E-state index contributed by atoms with van der Waals surface area (Å²) in [5.74, 6) is 1.10. The van der Waals surface area contributed by atoms with Crippen molar-refractivity contribution in [2.24, 2.45) is 21.6 Å². The second-order valence-corrected chi connectivity index (χ2v) is 15.9. The Labute approximate surface area is 358 Å². The molecule has 0 radical (unpaired) electrons. The minimum absolute atomic E-state index is 0.0363. The van der Waals surface area contributed by atoms with Gasteiger partial charge < -0.3 is 5.73 Å². The van der Waals surface area contributed by atoms with Gasteiger partial charge in [-0.25, -0.2) is 15.0 Å². The van der Waals surface area contributed by atoms with Crippen LogP contribution in [0.4, 0.5) is 0 Å². The molecule has 4 aromatic heterocycles. The molecule has 0 spiro atoms. The Hall–Kier alpha value is -6.93. The SMILES string of the molecule is CC/C=C\C=C(/N)C1CC=CC(C2C=CC(c3cc(C4=CCC(c5cccc(C6CC=CC=N6)n5)C=C4)nc(C4=CC=C(c5cccc(-c6ccccn6)n5)CC4)n3)=CC2)=N1. The Morgan fingerprint density at radius 1 is 0.705 bits per heavy atom. The van der Waals surface area contributed by atoms with Crippen LogP contribution in [0.1, 0.15) is 98.1 Å². The quantitative estimate of drug-likeness (QED) is 0.151. The van der Waals surface area contributed by atoms with Crippen LogP contribution in [0.3, 0.4) is 0 Å². The summed E-state index contributed by atoms with van der Waals surface area (Å²) in [5.41, 5.74) is 19.4. The zero-order valence-corrected chi connectivity index (χ0v) is 34.6. The summed E-state index contributed by atoms with van der Waals surface area (Å²) in [7, 11) is 0. The number of hydrogen-bond acceptors (Lipinski definition) is 8. The van der Waals surface area contributed by atoms with Crippen molar-refractivity contribution in [3.63, 3.8) is 0 Å². The van der Waals surface area contributed by atoms with Crippen molar-refractivity contribution in [3.8, 4) is 11.4 Å². The zero-order valence-electron chi connectivity index (χ0n) is 34.6. The molecule has 2 aliphatic heterocycles. The Morgan fingerprint density at radius 3 is 2.18 bits per heavy atom. The highest BCUT2D eigenvalue weighted by Crippen LogP contribution is 2.36. The molecule has 6 heterocycles. The lowest BCUT2D eigenvalue weighted by molar-refractivity contribution is 0.696.